The van der Waals surface area contributed by atoms with Gasteiger partial charge >= 0.3 is 0 Å². The zero-order valence-electron chi connectivity index (χ0n) is 20.2. The Morgan fingerprint density at radius 1 is 0.971 bits per heavy atom. The molecule has 1 aliphatic heterocycles. The molecule has 0 aromatic heterocycles. The van der Waals surface area contributed by atoms with Gasteiger partial charge in [-0.05, 0) is 55.7 Å². The van der Waals surface area contributed by atoms with Crippen molar-refractivity contribution in [2.45, 2.75) is 43.7 Å². The Morgan fingerprint density at radius 2 is 1.62 bits per heavy atom. The number of carbonyl (C=O) groups excluding carboxylic acids is 1. The molecule has 1 unspecified atom stereocenters. The molecule has 1 amide bonds. The van der Waals surface area contributed by atoms with Gasteiger partial charge < -0.3 is 24.3 Å². The Labute approximate surface area is 201 Å². The van der Waals surface area contributed by atoms with Crippen LogP contribution in [-0.2, 0) is 16.6 Å². The number of sulfonamides is 1. The molecule has 1 fully saturated rings. The van der Waals surface area contributed by atoms with Gasteiger partial charge in [0.25, 0.3) is 5.91 Å². The van der Waals surface area contributed by atoms with Crippen LogP contribution in [0.3, 0.4) is 0 Å². The number of piperidine rings is 1. The van der Waals surface area contributed by atoms with Crippen molar-refractivity contribution in [3.8, 4) is 23.0 Å². The van der Waals surface area contributed by atoms with E-state index in [0.29, 0.717) is 23.8 Å². The number of methoxy groups -OCH3 is 4. The second kappa shape index (κ2) is 11.0. The van der Waals surface area contributed by atoms with Gasteiger partial charge in [-0.15, -0.1) is 0 Å². The van der Waals surface area contributed by atoms with Crippen molar-refractivity contribution in [1.82, 2.24) is 9.62 Å². The van der Waals surface area contributed by atoms with Crippen LogP contribution in [0.1, 0.15) is 42.1 Å². The predicted octanol–water partition coefficient (Wildman–Crippen LogP) is 3.21. The Kier molecular flexibility index (Phi) is 8.27. The molecule has 9 nitrogen and oxygen atoms in total. The van der Waals surface area contributed by atoms with E-state index in [2.05, 4.69) is 5.32 Å². The zero-order valence-corrected chi connectivity index (χ0v) is 21.0. The average molecular weight is 493 g/mol. The van der Waals surface area contributed by atoms with E-state index in [1.54, 1.807) is 18.2 Å². The summed E-state index contributed by atoms with van der Waals surface area (Å²) in [7, 11) is 2.14. The van der Waals surface area contributed by atoms with E-state index >= 15 is 0 Å². The lowest BCUT2D eigenvalue weighted by Gasteiger charge is -2.32. The molecule has 0 bridgehead atoms. The van der Waals surface area contributed by atoms with Gasteiger partial charge in [-0.3, -0.25) is 4.79 Å². The standard InChI is InChI=1S/C24H32N2O7S/c1-16-8-6-7-11-26(16)34(28,29)22-14-18(9-10-19(22)30-2)24(27)25-15-17-12-20(31-3)23(33-5)21(13-17)32-4/h9-10,12-14,16H,6-8,11,15H2,1-5H3,(H,25,27). The van der Waals surface area contributed by atoms with Crippen LogP contribution in [-0.4, -0.2) is 59.7 Å². The maximum atomic E-state index is 13.4. The third-order valence-electron chi connectivity index (χ3n) is 5.93. The minimum absolute atomic E-state index is 0.0100. The number of nitrogens with one attached hydrogen (secondary N) is 1. The lowest BCUT2D eigenvalue weighted by molar-refractivity contribution is 0.0950. The van der Waals surface area contributed by atoms with Gasteiger partial charge in [-0.25, -0.2) is 8.42 Å². The molecule has 10 heteroatoms. The normalized spacial score (nSPS) is 16.6. The van der Waals surface area contributed by atoms with E-state index in [9.17, 15) is 13.2 Å². The molecule has 0 aliphatic carbocycles. The molecule has 1 atom stereocenters. The number of hydrogen-bond acceptors (Lipinski definition) is 7. The maximum absolute atomic E-state index is 13.4. The molecular weight excluding hydrogens is 460 g/mol. The lowest BCUT2D eigenvalue weighted by Crippen LogP contribution is -2.42. The molecular formula is C24H32N2O7S. The van der Waals surface area contributed by atoms with E-state index in [-0.39, 0.29) is 28.8 Å². The molecule has 186 valence electrons. The Balaban J connectivity index is 1.85. The quantitative estimate of drug-likeness (QED) is 0.573. The monoisotopic (exact) mass is 492 g/mol. The van der Waals surface area contributed by atoms with E-state index in [4.69, 9.17) is 18.9 Å². The van der Waals surface area contributed by atoms with Crippen LogP contribution in [0.15, 0.2) is 35.2 Å². The van der Waals surface area contributed by atoms with Crippen molar-refractivity contribution in [2.24, 2.45) is 0 Å². The fourth-order valence-corrected chi connectivity index (χ4v) is 5.98. The summed E-state index contributed by atoms with van der Waals surface area (Å²) < 4.78 is 49.7. The van der Waals surface area contributed by atoms with Gasteiger partial charge in [-0.1, -0.05) is 6.42 Å². The first kappa shape index (κ1) is 25.6. The van der Waals surface area contributed by atoms with Crippen LogP contribution < -0.4 is 24.3 Å². The third kappa shape index (κ3) is 5.23. The third-order valence-corrected chi connectivity index (χ3v) is 7.97. The highest BCUT2D eigenvalue weighted by Gasteiger charge is 2.33. The van der Waals surface area contributed by atoms with Crippen LogP contribution in [0.2, 0.25) is 0 Å². The van der Waals surface area contributed by atoms with Crippen molar-refractivity contribution >= 4 is 15.9 Å². The number of ether oxygens (including phenoxy) is 4. The average Bonchev–Trinajstić information content (AvgIpc) is 2.86. The van der Waals surface area contributed by atoms with Gasteiger partial charge in [0.2, 0.25) is 15.8 Å². The fraction of sp³-hybridized carbons (Fsp3) is 0.458. The summed E-state index contributed by atoms with van der Waals surface area (Å²) in [6.45, 7) is 2.52. The van der Waals surface area contributed by atoms with Crippen molar-refractivity contribution in [3.05, 3.63) is 41.5 Å². The summed E-state index contributed by atoms with van der Waals surface area (Å²) in [6.07, 6.45) is 2.60. The number of amides is 1. The van der Waals surface area contributed by atoms with Crippen molar-refractivity contribution in [3.63, 3.8) is 0 Å². The second-order valence-electron chi connectivity index (χ2n) is 8.04. The fourth-order valence-electron chi connectivity index (χ4n) is 4.10. The van der Waals surface area contributed by atoms with Gasteiger partial charge in [0, 0.05) is 24.7 Å². The second-order valence-corrected chi connectivity index (χ2v) is 9.90. The largest absolute Gasteiger partial charge is 0.495 e. The maximum Gasteiger partial charge on any atom is 0.251 e. The molecule has 0 radical (unpaired) electrons. The van der Waals surface area contributed by atoms with Crippen LogP contribution in [0.25, 0.3) is 0 Å². The summed E-state index contributed by atoms with van der Waals surface area (Å²) in [4.78, 5) is 12.9. The van der Waals surface area contributed by atoms with E-state index < -0.39 is 15.9 Å². The van der Waals surface area contributed by atoms with E-state index in [1.807, 2.05) is 6.92 Å². The Hall–Kier alpha value is -2.98. The van der Waals surface area contributed by atoms with Gasteiger partial charge in [-0.2, -0.15) is 4.31 Å². The lowest BCUT2D eigenvalue weighted by atomic mass is 10.1. The first-order valence-electron chi connectivity index (χ1n) is 11.0. The topological polar surface area (TPSA) is 103 Å². The summed E-state index contributed by atoms with van der Waals surface area (Å²) >= 11 is 0. The SMILES string of the molecule is COc1ccc(C(=O)NCc2cc(OC)c(OC)c(OC)c2)cc1S(=O)(=O)N1CCCCC1C. The number of hydrogen-bond donors (Lipinski definition) is 1. The zero-order chi connectivity index (χ0) is 24.9. The molecule has 2 aromatic rings. The molecule has 2 aromatic carbocycles. The molecule has 1 N–H and O–H groups in total. The van der Waals surface area contributed by atoms with Crippen molar-refractivity contribution in [2.75, 3.05) is 35.0 Å². The Bertz CT molecular complexity index is 1110. The van der Waals surface area contributed by atoms with E-state index in [1.165, 1.54) is 44.9 Å². The highest BCUT2D eigenvalue weighted by atomic mass is 32.2. The number of rotatable bonds is 9. The molecule has 3 rings (SSSR count). The summed E-state index contributed by atoms with van der Waals surface area (Å²) in [6, 6.07) is 7.80. The summed E-state index contributed by atoms with van der Waals surface area (Å²) in [5.41, 5.74) is 0.947. The van der Waals surface area contributed by atoms with Crippen molar-refractivity contribution < 1.29 is 32.2 Å². The molecule has 34 heavy (non-hydrogen) atoms. The molecule has 0 spiro atoms. The van der Waals surface area contributed by atoms with Gasteiger partial charge in [0.1, 0.15) is 10.6 Å². The highest BCUT2D eigenvalue weighted by molar-refractivity contribution is 7.89. The smallest absolute Gasteiger partial charge is 0.251 e. The molecule has 1 aliphatic rings. The van der Waals surface area contributed by atoms with Gasteiger partial charge in [0.05, 0.1) is 28.4 Å². The predicted molar refractivity (Wildman–Crippen MR) is 127 cm³/mol. The van der Waals surface area contributed by atoms with E-state index in [0.717, 1.165) is 24.8 Å². The van der Waals surface area contributed by atoms with Crippen LogP contribution in [0.5, 0.6) is 23.0 Å². The number of benzene rings is 2. The van der Waals surface area contributed by atoms with Crippen molar-refractivity contribution in [1.29, 1.82) is 0 Å². The van der Waals surface area contributed by atoms with Crippen LogP contribution >= 0.6 is 0 Å². The molecule has 1 heterocycles. The molecule has 1 saturated heterocycles. The summed E-state index contributed by atoms with van der Waals surface area (Å²) in [5, 5.41) is 2.82. The van der Waals surface area contributed by atoms with Gasteiger partial charge in [0.15, 0.2) is 11.5 Å². The first-order chi connectivity index (χ1) is 16.3. The minimum atomic E-state index is -3.82. The number of nitrogens with zero attached hydrogens (tertiary/aromatic N) is 1. The van der Waals surface area contributed by atoms with Crippen LogP contribution in [0, 0.1) is 0 Å². The number of carbonyl (C=O) groups is 1. The Morgan fingerprint density at radius 3 is 2.18 bits per heavy atom. The van der Waals surface area contributed by atoms with Crippen LogP contribution in [0.4, 0.5) is 0 Å². The first-order valence-corrected chi connectivity index (χ1v) is 12.5. The summed E-state index contributed by atoms with van der Waals surface area (Å²) in [5.74, 6) is 1.19. The minimum Gasteiger partial charge on any atom is -0.495 e. The molecule has 0 saturated carbocycles. The highest BCUT2D eigenvalue weighted by Crippen LogP contribution is 2.38.